The Hall–Kier alpha value is -2.44. The SMILES string of the molecule is CC(=O)c1cccc2c1OB(O)[C@@H](CC(=O)c1ccc3c(c1)CCNC3)C2. The zero-order valence-electron chi connectivity index (χ0n) is 15.3. The molecule has 0 spiro atoms. The number of hydrogen-bond acceptors (Lipinski definition) is 5. The van der Waals surface area contributed by atoms with E-state index in [0.29, 0.717) is 23.3 Å². The maximum absolute atomic E-state index is 12.8. The zero-order valence-corrected chi connectivity index (χ0v) is 15.3. The summed E-state index contributed by atoms with van der Waals surface area (Å²) >= 11 is 0. The van der Waals surface area contributed by atoms with Crippen molar-refractivity contribution in [3.05, 3.63) is 64.2 Å². The van der Waals surface area contributed by atoms with E-state index in [1.165, 1.54) is 18.1 Å². The molecule has 138 valence electrons. The number of fused-ring (bicyclic) bond motifs is 2. The Morgan fingerprint density at radius 1 is 1.22 bits per heavy atom. The lowest BCUT2D eigenvalue weighted by Gasteiger charge is -2.28. The van der Waals surface area contributed by atoms with Gasteiger partial charge in [0.1, 0.15) is 5.75 Å². The lowest BCUT2D eigenvalue weighted by Crippen LogP contribution is -2.35. The average Bonchev–Trinajstić information content (AvgIpc) is 2.67. The fourth-order valence-corrected chi connectivity index (χ4v) is 3.94. The monoisotopic (exact) mass is 363 g/mol. The number of benzene rings is 2. The number of ketones is 2. The molecule has 2 aliphatic heterocycles. The van der Waals surface area contributed by atoms with E-state index in [9.17, 15) is 14.6 Å². The highest BCUT2D eigenvalue weighted by atomic mass is 16.5. The number of rotatable bonds is 4. The minimum atomic E-state index is -1.09. The highest BCUT2D eigenvalue weighted by Crippen LogP contribution is 2.37. The van der Waals surface area contributed by atoms with Crippen LogP contribution in [0.15, 0.2) is 36.4 Å². The first-order chi connectivity index (χ1) is 13.0. The fourth-order valence-electron chi connectivity index (χ4n) is 3.94. The van der Waals surface area contributed by atoms with Gasteiger partial charge in [-0.15, -0.1) is 0 Å². The molecule has 0 aromatic heterocycles. The quantitative estimate of drug-likeness (QED) is 0.645. The Balaban J connectivity index is 1.52. The molecule has 6 heteroatoms. The van der Waals surface area contributed by atoms with E-state index < -0.39 is 7.12 Å². The Bertz CT molecular complexity index is 911. The van der Waals surface area contributed by atoms with E-state index in [1.807, 2.05) is 30.3 Å². The number of nitrogens with one attached hydrogen (secondary N) is 1. The van der Waals surface area contributed by atoms with Gasteiger partial charge in [-0.05, 0) is 55.1 Å². The second-order valence-electron chi connectivity index (χ2n) is 7.36. The van der Waals surface area contributed by atoms with Crippen LogP contribution in [0.1, 0.15) is 50.8 Å². The van der Waals surface area contributed by atoms with Crippen molar-refractivity contribution in [2.45, 2.75) is 38.5 Å². The van der Waals surface area contributed by atoms with Crippen LogP contribution in [0, 0.1) is 0 Å². The first-order valence-electron chi connectivity index (χ1n) is 9.36. The first kappa shape index (κ1) is 18.0. The zero-order chi connectivity index (χ0) is 19.0. The van der Waals surface area contributed by atoms with Gasteiger partial charge in [0.05, 0.1) is 5.56 Å². The Morgan fingerprint density at radius 2 is 2.07 bits per heavy atom. The summed E-state index contributed by atoms with van der Waals surface area (Å²) in [5.74, 6) is 0.0275. The maximum atomic E-state index is 12.8. The van der Waals surface area contributed by atoms with E-state index in [4.69, 9.17) is 4.65 Å². The highest BCUT2D eigenvalue weighted by Gasteiger charge is 2.37. The van der Waals surface area contributed by atoms with Crippen molar-refractivity contribution < 1.29 is 19.3 Å². The molecule has 0 unspecified atom stereocenters. The number of carbonyl (C=O) groups is 2. The van der Waals surface area contributed by atoms with Gasteiger partial charge in [-0.2, -0.15) is 0 Å². The van der Waals surface area contributed by atoms with Gasteiger partial charge in [0.2, 0.25) is 0 Å². The summed E-state index contributed by atoms with van der Waals surface area (Å²) in [6.45, 7) is 3.25. The normalized spacial score (nSPS) is 18.3. The third kappa shape index (κ3) is 3.55. The Labute approximate surface area is 158 Å². The van der Waals surface area contributed by atoms with E-state index in [0.717, 1.165) is 25.1 Å². The second kappa shape index (κ2) is 7.29. The topological polar surface area (TPSA) is 75.6 Å². The predicted molar refractivity (Wildman–Crippen MR) is 103 cm³/mol. The van der Waals surface area contributed by atoms with Crippen molar-refractivity contribution in [1.29, 1.82) is 0 Å². The van der Waals surface area contributed by atoms with E-state index in [-0.39, 0.29) is 23.8 Å². The van der Waals surface area contributed by atoms with Crippen LogP contribution in [0.2, 0.25) is 5.82 Å². The molecule has 4 rings (SSSR count). The summed E-state index contributed by atoms with van der Waals surface area (Å²) in [5, 5.41) is 13.7. The molecular weight excluding hydrogens is 341 g/mol. The average molecular weight is 363 g/mol. The summed E-state index contributed by atoms with van der Waals surface area (Å²) in [6.07, 6.45) is 1.65. The lowest BCUT2D eigenvalue weighted by atomic mass is 9.64. The largest absolute Gasteiger partial charge is 0.535 e. The van der Waals surface area contributed by atoms with Crippen LogP contribution in [-0.2, 0) is 19.4 Å². The molecule has 0 bridgehead atoms. The van der Waals surface area contributed by atoms with Gasteiger partial charge in [0, 0.05) is 24.3 Å². The third-order valence-electron chi connectivity index (χ3n) is 5.46. The van der Waals surface area contributed by atoms with Gasteiger partial charge >= 0.3 is 7.12 Å². The van der Waals surface area contributed by atoms with Crippen molar-refractivity contribution in [1.82, 2.24) is 5.32 Å². The van der Waals surface area contributed by atoms with Crippen LogP contribution < -0.4 is 9.97 Å². The Kier molecular flexibility index (Phi) is 4.85. The molecule has 5 nitrogen and oxygen atoms in total. The summed E-state index contributed by atoms with van der Waals surface area (Å²) in [7, 11) is -1.09. The smallest absolute Gasteiger partial charge is 0.526 e. The van der Waals surface area contributed by atoms with Crippen LogP contribution in [0.3, 0.4) is 0 Å². The number of carbonyl (C=O) groups excluding carboxylic acids is 2. The van der Waals surface area contributed by atoms with Gasteiger partial charge < -0.3 is 15.0 Å². The number of para-hydroxylation sites is 1. The van der Waals surface area contributed by atoms with E-state index in [2.05, 4.69) is 5.32 Å². The predicted octanol–water partition coefficient (Wildman–Crippen LogP) is 2.59. The molecule has 2 N–H and O–H groups in total. The molecular formula is C21H22BNO4. The molecule has 2 heterocycles. The molecule has 2 aliphatic rings. The van der Waals surface area contributed by atoms with Crippen molar-refractivity contribution in [3.8, 4) is 5.75 Å². The molecule has 0 saturated carbocycles. The molecule has 0 amide bonds. The highest BCUT2D eigenvalue weighted by molar-refractivity contribution is 6.47. The molecule has 27 heavy (non-hydrogen) atoms. The summed E-state index contributed by atoms with van der Waals surface area (Å²) < 4.78 is 5.64. The van der Waals surface area contributed by atoms with Crippen LogP contribution in [0.4, 0.5) is 0 Å². The molecule has 0 aliphatic carbocycles. The van der Waals surface area contributed by atoms with Crippen molar-refractivity contribution >= 4 is 18.7 Å². The molecule has 1 atom stereocenters. The summed E-state index contributed by atoms with van der Waals surface area (Å²) in [6, 6.07) is 11.3. The fraction of sp³-hybridized carbons (Fsp3) is 0.333. The van der Waals surface area contributed by atoms with Crippen molar-refractivity contribution in [2.75, 3.05) is 6.54 Å². The number of Topliss-reactive ketones (excluding diaryl/α,β-unsaturated/α-hetero) is 2. The van der Waals surface area contributed by atoms with Crippen LogP contribution in [0.5, 0.6) is 5.75 Å². The van der Waals surface area contributed by atoms with E-state index >= 15 is 0 Å². The van der Waals surface area contributed by atoms with Crippen LogP contribution in [0.25, 0.3) is 0 Å². The standard InChI is InChI=1S/C21H22BNO4/c1-13(24)19-4-2-3-16-10-18(22(26)27-21(16)19)11-20(25)15-5-6-17-12-23-8-7-14(17)9-15/h2-6,9,18,23,26H,7-8,10-12H2,1H3/t18-/m1/s1. The van der Waals surface area contributed by atoms with Crippen molar-refractivity contribution in [2.24, 2.45) is 0 Å². The minimum absolute atomic E-state index is 0.00940. The summed E-state index contributed by atoms with van der Waals surface area (Å²) in [5.41, 5.74) is 4.48. The van der Waals surface area contributed by atoms with Gasteiger partial charge in [0.15, 0.2) is 11.6 Å². The van der Waals surface area contributed by atoms with Crippen LogP contribution in [-0.4, -0.2) is 30.3 Å². The Morgan fingerprint density at radius 3 is 2.89 bits per heavy atom. The van der Waals surface area contributed by atoms with Crippen molar-refractivity contribution in [3.63, 3.8) is 0 Å². The van der Waals surface area contributed by atoms with Gasteiger partial charge in [-0.1, -0.05) is 24.3 Å². The first-order valence-corrected chi connectivity index (χ1v) is 9.36. The molecule has 2 aromatic carbocycles. The van der Waals surface area contributed by atoms with Gasteiger partial charge in [-0.3, -0.25) is 9.59 Å². The number of hydrogen-bond donors (Lipinski definition) is 2. The second-order valence-corrected chi connectivity index (χ2v) is 7.36. The molecule has 0 radical (unpaired) electrons. The van der Waals surface area contributed by atoms with Gasteiger partial charge in [-0.25, -0.2) is 0 Å². The van der Waals surface area contributed by atoms with Gasteiger partial charge in [0.25, 0.3) is 0 Å². The maximum Gasteiger partial charge on any atom is 0.526 e. The molecule has 0 fully saturated rings. The third-order valence-corrected chi connectivity index (χ3v) is 5.46. The minimum Gasteiger partial charge on any atom is -0.535 e. The van der Waals surface area contributed by atoms with Crippen LogP contribution >= 0.6 is 0 Å². The lowest BCUT2D eigenvalue weighted by molar-refractivity contribution is 0.0971. The summed E-state index contributed by atoms with van der Waals surface area (Å²) in [4.78, 5) is 24.6. The molecule has 0 saturated heterocycles. The van der Waals surface area contributed by atoms with E-state index in [1.54, 1.807) is 6.07 Å². The molecule has 2 aromatic rings.